The summed E-state index contributed by atoms with van der Waals surface area (Å²) in [7, 11) is 0. The summed E-state index contributed by atoms with van der Waals surface area (Å²) in [5.74, 6) is 0. The maximum atomic E-state index is 4.04. The van der Waals surface area contributed by atoms with E-state index in [2.05, 4.69) is 56.9 Å². The largest absolute Gasteiger partial charge is 0.262 e. The molecule has 1 nitrogen and oxygen atoms in total. The Balaban J connectivity index is 0.000000303. The molecule has 19 heavy (non-hydrogen) atoms. The van der Waals surface area contributed by atoms with Crippen molar-refractivity contribution in [1.29, 1.82) is 0 Å². The summed E-state index contributed by atoms with van der Waals surface area (Å²) in [5, 5.41) is 0. The van der Waals surface area contributed by atoms with Crippen molar-refractivity contribution in [3.8, 4) is 0 Å². The summed E-state index contributed by atoms with van der Waals surface area (Å²) >= 11 is 0. The van der Waals surface area contributed by atoms with Gasteiger partial charge in [-0.2, -0.15) is 0 Å². The second-order valence-corrected chi connectivity index (χ2v) is 4.49. The van der Waals surface area contributed by atoms with Crippen molar-refractivity contribution in [2.45, 2.75) is 48.5 Å². The third kappa shape index (κ3) is 6.76. The van der Waals surface area contributed by atoms with Crippen LogP contribution in [0.1, 0.15) is 41.8 Å². The quantitative estimate of drug-likeness (QED) is 0.621. The summed E-state index contributed by atoms with van der Waals surface area (Å²) in [5.41, 5.74) is 6.55. The van der Waals surface area contributed by atoms with Crippen molar-refractivity contribution in [1.82, 2.24) is 4.98 Å². The van der Waals surface area contributed by atoms with Crippen LogP contribution >= 0.6 is 0 Å². The van der Waals surface area contributed by atoms with Crippen molar-refractivity contribution in [2.24, 2.45) is 0 Å². The van der Waals surface area contributed by atoms with Crippen LogP contribution in [0.2, 0.25) is 0 Å². The highest BCUT2D eigenvalue weighted by Gasteiger charge is 1.91. The average molecular weight is 257 g/mol. The van der Waals surface area contributed by atoms with Crippen LogP contribution in [0.4, 0.5) is 0 Å². The summed E-state index contributed by atoms with van der Waals surface area (Å²) in [6.45, 7) is 14.5. The van der Waals surface area contributed by atoms with Crippen LogP contribution < -0.4 is 0 Å². The van der Waals surface area contributed by atoms with Gasteiger partial charge in [-0.25, -0.2) is 0 Å². The van der Waals surface area contributed by atoms with E-state index in [1.165, 1.54) is 22.3 Å². The number of hydrogen-bond donors (Lipinski definition) is 0. The molecule has 0 aliphatic carbocycles. The molecule has 0 unspecified atom stereocenters. The third-order valence-electron chi connectivity index (χ3n) is 2.93. The lowest BCUT2D eigenvalue weighted by atomic mass is 10.1. The molecule has 1 aromatic carbocycles. The van der Waals surface area contributed by atoms with Gasteiger partial charge in [0.25, 0.3) is 0 Å². The maximum absolute atomic E-state index is 4.04. The minimum absolute atomic E-state index is 1.09. The van der Waals surface area contributed by atoms with Crippen LogP contribution in [-0.2, 0) is 0 Å². The van der Waals surface area contributed by atoms with E-state index < -0.39 is 0 Å². The zero-order valence-electron chi connectivity index (χ0n) is 13.4. The molecule has 0 saturated heterocycles. The van der Waals surface area contributed by atoms with Gasteiger partial charge in [0.15, 0.2) is 0 Å². The fourth-order valence-electron chi connectivity index (χ4n) is 1.59. The van der Waals surface area contributed by atoms with Crippen LogP contribution in [0.3, 0.4) is 0 Å². The highest BCUT2D eigenvalue weighted by molar-refractivity contribution is 5.31. The van der Waals surface area contributed by atoms with Crippen LogP contribution in [0, 0.1) is 34.6 Å². The predicted molar refractivity (Wildman–Crippen MR) is 85.7 cm³/mol. The van der Waals surface area contributed by atoms with Gasteiger partial charge in [0.2, 0.25) is 0 Å². The van der Waals surface area contributed by atoms with Crippen molar-refractivity contribution in [3.05, 3.63) is 64.5 Å². The molecule has 104 valence electrons. The van der Waals surface area contributed by atoms with Crippen molar-refractivity contribution in [2.75, 3.05) is 0 Å². The number of aromatic nitrogens is 1. The lowest BCUT2D eigenvalue weighted by Gasteiger charge is -2.00. The first-order valence-corrected chi connectivity index (χ1v) is 6.93. The maximum Gasteiger partial charge on any atom is 0.0375 e. The van der Waals surface area contributed by atoms with Crippen LogP contribution in [0.15, 0.2) is 36.5 Å². The van der Waals surface area contributed by atoms with E-state index in [-0.39, 0.29) is 0 Å². The van der Waals surface area contributed by atoms with E-state index >= 15 is 0 Å². The molecule has 2 rings (SSSR count). The van der Waals surface area contributed by atoms with E-state index in [0.29, 0.717) is 0 Å². The Morgan fingerprint density at radius 3 is 1.63 bits per heavy atom. The Bertz CT molecular complexity index is 449. The predicted octanol–water partition coefficient (Wildman–Crippen LogP) is 5.34. The first kappa shape index (κ1) is 17.4. The summed E-state index contributed by atoms with van der Waals surface area (Å²) in [6, 6.07) is 10.4. The van der Waals surface area contributed by atoms with Gasteiger partial charge in [-0.3, -0.25) is 4.98 Å². The van der Waals surface area contributed by atoms with Gasteiger partial charge in [-0.1, -0.05) is 32.0 Å². The standard InChI is InChI=1S/C9H12.C7H9N.C2H6/c1-7-5-4-6-8(2)9(7)3;1-6-3-4-8-7(2)5-6;1-2/h4-6H,1-3H3;3-5H,1-2H3;1-2H3. The molecule has 0 bridgehead atoms. The number of rotatable bonds is 0. The van der Waals surface area contributed by atoms with Gasteiger partial charge in [0, 0.05) is 11.9 Å². The molecule has 1 heterocycles. The monoisotopic (exact) mass is 257 g/mol. The Labute approximate surface area is 118 Å². The molecule has 0 aliphatic heterocycles. The van der Waals surface area contributed by atoms with Crippen LogP contribution in [0.25, 0.3) is 0 Å². The normalized spacial score (nSPS) is 8.79. The van der Waals surface area contributed by atoms with Crippen molar-refractivity contribution < 1.29 is 0 Å². The van der Waals surface area contributed by atoms with E-state index in [9.17, 15) is 0 Å². The summed E-state index contributed by atoms with van der Waals surface area (Å²) in [6.07, 6.45) is 1.82. The molecular formula is C18H27N. The van der Waals surface area contributed by atoms with Gasteiger partial charge in [-0.05, 0) is 69.0 Å². The SMILES string of the molecule is CC.Cc1cccc(C)c1C.Cc1ccnc(C)c1. The molecular weight excluding hydrogens is 230 g/mol. The lowest BCUT2D eigenvalue weighted by molar-refractivity contribution is 1.18. The molecule has 0 fully saturated rings. The minimum atomic E-state index is 1.09. The van der Waals surface area contributed by atoms with Gasteiger partial charge in [-0.15, -0.1) is 0 Å². The van der Waals surface area contributed by atoms with E-state index in [1.54, 1.807) is 0 Å². The zero-order valence-corrected chi connectivity index (χ0v) is 13.4. The molecule has 0 saturated carbocycles. The minimum Gasteiger partial charge on any atom is -0.262 e. The topological polar surface area (TPSA) is 12.9 Å². The lowest BCUT2D eigenvalue weighted by Crippen LogP contribution is -1.82. The number of nitrogens with zero attached hydrogens (tertiary/aromatic N) is 1. The second-order valence-electron chi connectivity index (χ2n) is 4.49. The highest BCUT2D eigenvalue weighted by atomic mass is 14.6. The number of hydrogen-bond acceptors (Lipinski definition) is 1. The number of aryl methyl sites for hydroxylation is 4. The first-order chi connectivity index (χ1) is 9.00. The van der Waals surface area contributed by atoms with Gasteiger partial charge in [0.1, 0.15) is 0 Å². The van der Waals surface area contributed by atoms with Crippen LogP contribution in [-0.4, -0.2) is 4.98 Å². The number of benzene rings is 1. The van der Waals surface area contributed by atoms with E-state index in [1.807, 2.05) is 33.0 Å². The Morgan fingerprint density at radius 1 is 0.789 bits per heavy atom. The van der Waals surface area contributed by atoms with Gasteiger partial charge < -0.3 is 0 Å². The smallest absolute Gasteiger partial charge is 0.0375 e. The fraction of sp³-hybridized carbons (Fsp3) is 0.389. The fourth-order valence-corrected chi connectivity index (χ4v) is 1.59. The summed E-state index contributed by atoms with van der Waals surface area (Å²) < 4.78 is 0. The average Bonchev–Trinajstić information content (AvgIpc) is 2.39. The van der Waals surface area contributed by atoms with E-state index in [4.69, 9.17) is 0 Å². The number of pyridine rings is 1. The molecule has 0 radical (unpaired) electrons. The second kappa shape index (κ2) is 9.32. The molecule has 0 aliphatic rings. The van der Waals surface area contributed by atoms with Gasteiger partial charge >= 0.3 is 0 Å². The molecule has 0 amide bonds. The van der Waals surface area contributed by atoms with Crippen LogP contribution in [0.5, 0.6) is 0 Å². The Kier molecular flexibility index (Phi) is 8.52. The molecule has 2 aromatic rings. The summed E-state index contributed by atoms with van der Waals surface area (Å²) in [4.78, 5) is 4.04. The van der Waals surface area contributed by atoms with E-state index in [0.717, 1.165) is 5.69 Å². The first-order valence-electron chi connectivity index (χ1n) is 6.93. The molecule has 0 N–H and O–H groups in total. The molecule has 0 atom stereocenters. The third-order valence-corrected chi connectivity index (χ3v) is 2.93. The van der Waals surface area contributed by atoms with Crippen molar-refractivity contribution >= 4 is 0 Å². The molecule has 1 aromatic heterocycles. The highest BCUT2D eigenvalue weighted by Crippen LogP contribution is 2.09. The molecule has 1 heteroatoms. The Hall–Kier alpha value is -1.63. The Morgan fingerprint density at radius 2 is 1.32 bits per heavy atom. The molecule has 0 spiro atoms. The van der Waals surface area contributed by atoms with Crippen molar-refractivity contribution in [3.63, 3.8) is 0 Å². The van der Waals surface area contributed by atoms with Gasteiger partial charge in [0.05, 0.1) is 0 Å². The zero-order chi connectivity index (χ0) is 14.8.